The lowest BCUT2D eigenvalue weighted by molar-refractivity contribution is -0.140. The Morgan fingerprint density at radius 1 is 1.13 bits per heavy atom. The van der Waals surface area contributed by atoms with Gasteiger partial charge in [0.25, 0.3) is 5.91 Å². The molecule has 3 saturated carbocycles. The minimum absolute atomic E-state index is 0.0528. The maximum atomic E-state index is 12.8. The summed E-state index contributed by atoms with van der Waals surface area (Å²) in [5, 5.41) is 2.82. The van der Waals surface area contributed by atoms with Gasteiger partial charge in [0, 0.05) is 12.1 Å². The first-order valence-corrected chi connectivity index (χ1v) is 8.96. The van der Waals surface area contributed by atoms with Crippen LogP contribution >= 0.6 is 0 Å². The molecule has 4 aliphatic rings. The van der Waals surface area contributed by atoms with Crippen LogP contribution in [0.15, 0.2) is 0 Å². The second-order valence-corrected chi connectivity index (χ2v) is 7.77. The van der Waals surface area contributed by atoms with E-state index in [-0.39, 0.29) is 24.3 Å². The second kappa shape index (κ2) is 5.21. The van der Waals surface area contributed by atoms with Crippen molar-refractivity contribution in [1.82, 2.24) is 15.1 Å². The van der Waals surface area contributed by atoms with Crippen molar-refractivity contribution >= 4 is 17.8 Å². The molecule has 1 saturated heterocycles. The number of carbonyl (C=O) groups excluding carboxylic acids is 3. The van der Waals surface area contributed by atoms with Gasteiger partial charge in [0.15, 0.2) is 0 Å². The van der Waals surface area contributed by atoms with Crippen molar-refractivity contribution in [2.24, 2.45) is 5.92 Å². The molecule has 6 nitrogen and oxygen atoms in total. The van der Waals surface area contributed by atoms with E-state index < -0.39 is 11.6 Å². The predicted octanol–water partition coefficient (Wildman–Crippen LogP) is 1.64. The Labute approximate surface area is 136 Å². The molecule has 0 spiro atoms. The first-order chi connectivity index (χ1) is 11.0. The van der Waals surface area contributed by atoms with E-state index in [4.69, 9.17) is 0 Å². The highest BCUT2D eigenvalue weighted by atomic mass is 16.2. The molecule has 4 rings (SSSR count). The molecular weight excluding hydrogens is 294 g/mol. The zero-order valence-electron chi connectivity index (χ0n) is 13.7. The number of rotatable bonds is 5. The smallest absolute Gasteiger partial charge is 0.325 e. The van der Waals surface area contributed by atoms with Crippen LogP contribution in [-0.4, -0.2) is 51.8 Å². The van der Waals surface area contributed by atoms with Crippen LogP contribution in [0.2, 0.25) is 0 Å². The maximum absolute atomic E-state index is 12.8. The summed E-state index contributed by atoms with van der Waals surface area (Å²) in [6.07, 6.45) is 8.52. The SMILES string of the molecule is CC1(C2CC2)NC(=O)N(CC(=O)N(C2CCCC2)C2CC2)C1=O. The zero-order valence-corrected chi connectivity index (χ0v) is 13.7. The Morgan fingerprint density at radius 2 is 1.74 bits per heavy atom. The summed E-state index contributed by atoms with van der Waals surface area (Å²) < 4.78 is 0. The van der Waals surface area contributed by atoms with E-state index in [0.29, 0.717) is 12.1 Å². The van der Waals surface area contributed by atoms with Gasteiger partial charge >= 0.3 is 6.03 Å². The Balaban J connectivity index is 1.47. The molecule has 1 heterocycles. The van der Waals surface area contributed by atoms with Crippen molar-refractivity contribution in [3.63, 3.8) is 0 Å². The molecule has 3 aliphatic carbocycles. The molecule has 1 aliphatic heterocycles. The van der Waals surface area contributed by atoms with Crippen LogP contribution in [0.25, 0.3) is 0 Å². The lowest BCUT2D eigenvalue weighted by Gasteiger charge is -2.30. The zero-order chi connectivity index (χ0) is 16.2. The number of urea groups is 1. The van der Waals surface area contributed by atoms with Gasteiger partial charge in [-0.2, -0.15) is 0 Å². The maximum Gasteiger partial charge on any atom is 0.325 e. The molecule has 4 fully saturated rings. The van der Waals surface area contributed by atoms with Crippen LogP contribution in [0, 0.1) is 5.92 Å². The fourth-order valence-corrected chi connectivity index (χ4v) is 4.25. The first kappa shape index (κ1) is 15.0. The molecule has 126 valence electrons. The van der Waals surface area contributed by atoms with Gasteiger partial charge in [-0.15, -0.1) is 0 Å². The monoisotopic (exact) mass is 319 g/mol. The molecule has 1 N–H and O–H groups in total. The number of amides is 4. The van der Waals surface area contributed by atoms with Crippen molar-refractivity contribution in [2.75, 3.05) is 6.54 Å². The number of nitrogens with one attached hydrogen (secondary N) is 1. The largest absolute Gasteiger partial charge is 0.335 e. The molecule has 4 amide bonds. The third-order valence-corrected chi connectivity index (χ3v) is 5.93. The molecule has 6 heteroatoms. The summed E-state index contributed by atoms with van der Waals surface area (Å²) in [6, 6.07) is 0.242. The van der Waals surface area contributed by atoms with Crippen LogP contribution in [0.5, 0.6) is 0 Å². The Bertz CT molecular complexity index is 549. The molecule has 23 heavy (non-hydrogen) atoms. The van der Waals surface area contributed by atoms with Gasteiger partial charge in [0.05, 0.1) is 0 Å². The van der Waals surface area contributed by atoms with Crippen LogP contribution in [-0.2, 0) is 9.59 Å². The van der Waals surface area contributed by atoms with E-state index in [1.807, 2.05) is 4.90 Å². The number of hydrogen-bond acceptors (Lipinski definition) is 3. The third kappa shape index (κ3) is 2.52. The van der Waals surface area contributed by atoms with Crippen molar-refractivity contribution < 1.29 is 14.4 Å². The van der Waals surface area contributed by atoms with Crippen molar-refractivity contribution in [3.8, 4) is 0 Å². The molecular formula is C17H25N3O3. The molecule has 1 atom stereocenters. The van der Waals surface area contributed by atoms with E-state index >= 15 is 0 Å². The van der Waals surface area contributed by atoms with Gasteiger partial charge in [0.1, 0.15) is 12.1 Å². The molecule has 0 radical (unpaired) electrons. The van der Waals surface area contributed by atoms with E-state index in [1.165, 1.54) is 12.8 Å². The Morgan fingerprint density at radius 3 is 2.30 bits per heavy atom. The van der Waals surface area contributed by atoms with Gasteiger partial charge in [-0.3, -0.25) is 14.5 Å². The summed E-state index contributed by atoms with van der Waals surface area (Å²) >= 11 is 0. The van der Waals surface area contributed by atoms with Gasteiger partial charge in [-0.1, -0.05) is 12.8 Å². The van der Waals surface area contributed by atoms with E-state index in [1.54, 1.807) is 6.92 Å². The summed E-state index contributed by atoms with van der Waals surface area (Å²) in [4.78, 5) is 40.8. The van der Waals surface area contributed by atoms with Crippen molar-refractivity contribution in [1.29, 1.82) is 0 Å². The van der Waals surface area contributed by atoms with Crippen LogP contribution in [0.1, 0.15) is 58.3 Å². The highest BCUT2D eigenvalue weighted by molar-refractivity contribution is 6.09. The summed E-state index contributed by atoms with van der Waals surface area (Å²) in [7, 11) is 0. The summed E-state index contributed by atoms with van der Waals surface area (Å²) in [6.45, 7) is 1.70. The standard InChI is InChI=1S/C17H25N3O3/c1-17(11-6-7-11)15(22)19(16(23)18-17)10-14(21)20(13-8-9-13)12-4-2-3-5-12/h11-13H,2-10H2,1H3,(H,18,23). The van der Waals surface area contributed by atoms with Gasteiger partial charge < -0.3 is 10.2 Å². The number of carbonyl (C=O) groups is 3. The van der Waals surface area contributed by atoms with E-state index in [0.717, 1.165) is 43.4 Å². The van der Waals surface area contributed by atoms with E-state index in [9.17, 15) is 14.4 Å². The number of hydrogen-bond donors (Lipinski definition) is 1. The lowest BCUT2D eigenvalue weighted by atomic mass is 9.96. The quantitative estimate of drug-likeness (QED) is 0.783. The highest BCUT2D eigenvalue weighted by Gasteiger charge is 2.56. The normalized spacial score (nSPS) is 31.6. The third-order valence-electron chi connectivity index (χ3n) is 5.93. The lowest BCUT2D eigenvalue weighted by Crippen LogP contribution is -2.49. The minimum atomic E-state index is -0.796. The van der Waals surface area contributed by atoms with Crippen molar-refractivity contribution in [3.05, 3.63) is 0 Å². The van der Waals surface area contributed by atoms with Gasteiger partial charge in [-0.05, 0) is 51.4 Å². The molecule has 0 aromatic carbocycles. The average Bonchev–Trinajstić information content (AvgIpc) is 3.42. The Hall–Kier alpha value is -1.59. The van der Waals surface area contributed by atoms with Crippen LogP contribution < -0.4 is 5.32 Å². The van der Waals surface area contributed by atoms with Crippen LogP contribution in [0.4, 0.5) is 4.79 Å². The van der Waals surface area contributed by atoms with Gasteiger partial charge in [0.2, 0.25) is 5.91 Å². The van der Waals surface area contributed by atoms with E-state index in [2.05, 4.69) is 5.32 Å². The van der Waals surface area contributed by atoms with Crippen LogP contribution in [0.3, 0.4) is 0 Å². The Kier molecular flexibility index (Phi) is 3.39. The first-order valence-electron chi connectivity index (χ1n) is 8.96. The molecule has 0 aromatic heterocycles. The minimum Gasteiger partial charge on any atom is -0.335 e. The molecule has 0 bridgehead atoms. The fraction of sp³-hybridized carbons (Fsp3) is 0.824. The summed E-state index contributed by atoms with van der Waals surface area (Å²) in [5.41, 5.74) is -0.796. The van der Waals surface area contributed by atoms with Gasteiger partial charge in [-0.25, -0.2) is 4.79 Å². The highest BCUT2D eigenvalue weighted by Crippen LogP contribution is 2.42. The predicted molar refractivity (Wildman–Crippen MR) is 83.5 cm³/mol. The number of nitrogens with zero attached hydrogens (tertiary/aromatic N) is 2. The second-order valence-electron chi connectivity index (χ2n) is 7.77. The molecule has 1 unspecified atom stereocenters. The topological polar surface area (TPSA) is 69.7 Å². The van der Waals surface area contributed by atoms with Crippen molar-refractivity contribution in [2.45, 2.75) is 75.9 Å². The molecule has 0 aromatic rings. The number of imide groups is 1. The fourth-order valence-electron chi connectivity index (χ4n) is 4.25. The average molecular weight is 319 g/mol. The summed E-state index contributed by atoms with van der Waals surface area (Å²) in [5.74, 6) is -0.0446.